The van der Waals surface area contributed by atoms with Crippen LogP contribution in [0.4, 0.5) is 0 Å². The quantitative estimate of drug-likeness (QED) is 0.550. The molecule has 0 radical (unpaired) electrons. The minimum Gasteiger partial charge on any atom is -0.468 e. The van der Waals surface area contributed by atoms with Crippen molar-refractivity contribution >= 4 is 30.2 Å². The number of methoxy groups -OCH3 is 1. The van der Waals surface area contributed by atoms with Gasteiger partial charge in [0.25, 0.3) is 0 Å². The van der Waals surface area contributed by atoms with Gasteiger partial charge in [-0.3, -0.25) is 4.79 Å². The Morgan fingerprint density at radius 2 is 2.35 bits per heavy atom. The molecule has 5 heteroatoms. The monoisotopic (exact) mass is 230 g/mol. The van der Waals surface area contributed by atoms with E-state index in [0.717, 1.165) is 16.5 Å². The number of esters is 1. The summed E-state index contributed by atoms with van der Waals surface area (Å²) in [5.41, 5.74) is 9.06. The first-order valence-corrected chi connectivity index (χ1v) is 5.52. The van der Waals surface area contributed by atoms with E-state index >= 15 is 0 Å². The Morgan fingerprint density at radius 1 is 1.59 bits per heavy atom. The highest BCUT2D eigenvalue weighted by molar-refractivity contribution is 6.33. The van der Waals surface area contributed by atoms with Crippen LogP contribution in [0.5, 0.6) is 0 Å². The topological polar surface area (TPSA) is 68.1 Å². The lowest BCUT2D eigenvalue weighted by Gasteiger charge is -2.08. The lowest BCUT2D eigenvalue weighted by molar-refractivity contribution is -0.142. The van der Waals surface area contributed by atoms with Gasteiger partial charge in [-0.15, -0.1) is 0 Å². The molecule has 2 rings (SSSR count). The van der Waals surface area contributed by atoms with E-state index in [9.17, 15) is 4.79 Å². The Morgan fingerprint density at radius 3 is 3.06 bits per heavy atom. The number of carbonyl (C=O) groups is 1. The number of H-pyrrole nitrogens is 1. The van der Waals surface area contributed by atoms with Gasteiger partial charge in [0.2, 0.25) is 0 Å². The number of ether oxygens (including phenoxy) is 1. The Labute approximate surface area is 101 Å². The summed E-state index contributed by atoms with van der Waals surface area (Å²) in [5.74, 6) is -0.383. The van der Waals surface area contributed by atoms with Crippen LogP contribution in [0, 0.1) is 0 Å². The Hall–Kier alpha value is -1.75. The van der Waals surface area contributed by atoms with Crippen molar-refractivity contribution in [3.8, 4) is 0 Å². The summed E-state index contributed by atoms with van der Waals surface area (Å²) >= 11 is 0. The molecule has 0 aliphatic rings. The molecular weight excluding hydrogens is 215 g/mol. The molecule has 1 aromatic carbocycles. The molecule has 0 aliphatic carbocycles. The number of fused-ring (bicyclic) bond motifs is 1. The zero-order valence-electron chi connectivity index (χ0n) is 9.99. The van der Waals surface area contributed by atoms with Crippen LogP contribution in [-0.2, 0) is 16.0 Å². The van der Waals surface area contributed by atoms with E-state index in [1.54, 1.807) is 0 Å². The zero-order chi connectivity index (χ0) is 12.4. The van der Waals surface area contributed by atoms with Gasteiger partial charge >= 0.3 is 5.97 Å². The molecule has 0 saturated carbocycles. The van der Waals surface area contributed by atoms with Gasteiger partial charge in [-0.2, -0.15) is 0 Å². The first-order chi connectivity index (χ1) is 8.11. The third kappa shape index (κ3) is 2.34. The van der Waals surface area contributed by atoms with Gasteiger partial charge in [-0.1, -0.05) is 17.6 Å². The fourth-order valence-electron chi connectivity index (χ4n) is 1.94. The van der Waals surface area contributed by atoms with Crippen LogP contribution in [0.15, 0.2) is 24.4 Å². The highest BCUT2D eigenvalue weighted by Crippen LogP contribution is 2.18. The molecule has 4 nitrogen and oxygen atoms in total. The van der Waals surface area contributed by atoms with Crippen molar-refractivity contribution in [2.75, 3.05) is 7.11 Å². The number of aromatic amines is 1. The molecule has 88 valence electrons. The maximum Gasteiger partial charge on any atom is 0.322 e. The van der Waals surface area contributed by atoms with Gasteiger partial charge in [0.1, 0.15) is 13.9 Å². The lowest BCUT2D eigenvalue weighted by atomic mass is 9.94. The molecule has 1 aromatic heterocycles. The number of carbonyl (C=O) groups excluding carboxylic acids is 1. The Balaban J connectivity index is 2.28. The number of rotatable bonds is 3. The van der Waals surface area contributed by atoms with Gasteiger partial charge < -0.3 is 15.5 Å². The normalized spacial score (nSPS) is 12.6. The minimum absolute atomic E-state index is 0.383. The third-order valence-corrected chi connectivity index (χ3v) is 2.87. The summed E-state index contributed by atoms with van der Waals surface area (Å²) in [6.45, 7) is 0. The summed E-state index contributed by atoms with van der Waals surface area (Å²) in [6.07, 6.45) is 2.38. The molecule has 17 heavy (non-hydrogen) atoms. The number of nitrogens with one attached hydrogen (secondary N) is 1. The van der Waals surface area contributed by atoms with Crippen LogP contribution < -0.4 is 11.2 Å². The molecule has 1 heterocycles. The van der Waals surface area contributed by atoms with E-state index in [-0.39, 0.29) is 5.97 Å². The van der Waals surface area contributed by atoms with Gasteiger partial charge in [0.15, 0.2) is 0 Å². The van der Waals surface area contributed by atoms with Crippen molar-refractivity contribution in [1.29, 1.82) is 0 Å². The average Bonchev–Trinajstić information content (AvgIpc) is 2.70. The van der Waals surface area contributed by atoms with Crippen molar-refractivity contribution < 1.29 is 9.53 Å². The molecule has 0 spiro atoms. The van der Waals surface area contributed by atoms with Crippen molar-refractivity contribution in [2.24, 2.45) is 5.73 Å². The second-order valence-electron chi connectivity index (χ2n) is 4.20. The number of nitrogens with two attached hydrogens (primary N) is 1. The van der Waals surface area contributed by atoms with Crippen molar-refractivity contribution in [1.82, 2.24) is 4.98 Å². The van der Waals surface area contributed by atoms with E-state index in [4.69, 9.17) is 5.73 Å². The van der Waals surface area contributed by atoms with Crippen LogP contribution in [0.1, 0.15) is 5.56 Å². The number of benzene rings is 1. The summed E-state index contributed by atoms with van der Waals surface area (Å²) in [6, 6.07) is 5.55. The maximum atomic E-state index is 11.3. The largest absolute Gasteiger partial charge is 0.468 e. The predicted octanol–water partition coefficient (Wildman–Crippen LogP) is -0.531. The molecule has 2 aromatic rings. The Kier molecular flexibility index (Phi) is 3.20. The van der Waals surface area contributed by atoms with Gasteiger partial charge in [-0.05, 0) is 11.6 Å². The second kappa shape index (κ2) is 4.63. The van der Waals surface area contributed by atoms with Crippen molar-refractivity contribution in [2.45, 2.75) is 12.5 Å². The summed E-state index contributed by atoms with van der Waals surface area (Å²) in [7, 11) is 3.39. The fraction of sp³-hybridized carbons (Fsp3) is 0.250. The smallest absolute Gasteiger partial charge is 0.322 e. The van der Waals surface area contributed by atoms with Crippen molar-refractivity contribution in [3.63, 3.8) is 0 Å². The van der Waals surface area contributed by atoms with E-state index in [0.29, 0.717) is 6.42 Å². The van der Waals surface area contributed by atoms with Crippen LogP contribution in [0.2, 0.25) is 0 Å². The Bertz CT molecular complexity index is 550. The van der Waals surface area contributed by atoms with Crippen LogP contribution in [0.3, 0.4) is 0 Å². The van der Waals surface area contributed by atoms with E-state index in [1.807, 2.05) is 26.2 Å². The minimum atomic E-state index is -0.611. The molecule has 0 bridgehead atoms. The molecule has 3 N–H and O–H groups in total. The number of hydrogen-bond donors (Lipinski definition) is 2. The summed E-state index contributed by atoms with van der Waals surface area (Å²) in [4.78, 5) is 14.5. The summed E-state index contributed by atoms with van der Waals surface area (Å²) < 4.78 is 4.62. The van der Waals surface area contributed by atoms with E-state index < -0.39 is 6.04 Å². The molecular formula is C12H15BN2O2. The van der Waals surface area contributed by atoms with Crippen LogP contribution >= 0.6 is 0 Å². The second-order valence-corrected chi connectivity index (χ2v) is 4.20. The number of aromatic nitrogens is 1. The molecule has 0 saturated heterocycles. The molecule has 0 unspecified atom stereocenters. The van der Waals surface area contributed by atoms with E-state index in [1.165, 1.54) is 12.6 Å². The van der Waals surface area contributed by atoms with Gasteiger partial charge in [0.05, 0.1) is 7.11 Å². The third-order valence-electron chi connectivity index (χ3n) is 2.87. The maximum absolute atomic E-state index is 11.3. The molecule has 0 aliphatic heterocycles. The SMILES string of the molecule is Bc1ccc2c(C[C@H](N)C(=O)OC)c[nH]c2c1. The highest BCUT2D eigenvalue weighted by Gasteiger charge is 2.16. The fourth-order valence-corrected chi connectivity index (χ4v) is 1.94. The molecule has 1 atom stereocenters. The summed E-state index contributed by atoms with van der Waals surface area (Å²) in [5, 5.41) is 1.11. The highest BCUT2D eigenvalue weighted by atomic mass is 16.5. The van der Waals surface area contributed by atoms with Crippen LogP contribution in [0.25, 0.3) is 10.9 Å². The van der Waals surface area contributed by atoms with Crippen molar-refractivity contribution in [3.05, 3.63) is 30.0 Å². The first-order valence-electron chi connectivity index (χ1n) is 5.52. The van der Waals surface area contributed by atoms with Crippen LogP contribution in [-0.4, -0.2) is 32.0 Å². The molecule has 0 amide bonds. The average molecular weight is 230 g/mol. The lowest BCUT2D eigenvalue weighted by Crippen LogP contribution is -2.33. The standard InChI is InChI=1S/C12H15BN2O2/c1-17-12(16)10(14)4-7-6-15-11-5-8(13)2-3-9(7)11/h2-3,5-6,10,15H,4,13-14H2,1H3/t10-/m0/s1. The van der Waals surface area contributed by atoms with E-state index in [2.05, 4.69) is 15.8 Å². The number of hydrogen-bond acceptors (Lipinski definition) is 3. The first kappa shape index (κ1) is 11.7. The van der Waals surface area contributed by atoms with Gasteiger partial charge in [-0.25, -0.2) is 0 Å². The predicted molar refractivity (Wildman–Crippen MR) is 70.2 cm³/mol. The van der Waals surface area contributed by atoms with Gasteiger partial charge in [0, 0.05) is 23.5 Å². The zero-order valence-corrected chi connectivity index (χ0v) is 9.99. The molecule has 0 fully saturated rings.